The minimum atomic E-state index is 0.00139. The van der Waals surface area contributed by atoms with E-state index in [1.807, 2.05) is 13.0 Å². The number of piperidine rings is 1. The number of nitrogens with one attached hydrogen (secondary N) is 1. The largest absolute Gasteiger partial charge is 0.381 e. The van der Waals surface area contributed by atoms with Crippen LogP contribution in [0.25, 0.3) is 0 Å². The Kier molecular flexibility index (Phi) is 6.04. The molecule has 3 fully saturated rings. The van der Waals surface area contributed by atoms with Crippen molar-refractivity contribution in [1.82, 2.24) is 15.2 Å². The lowest BCUT2D eigenvalue weighted by molar-refractivity contribution is -0.124. The van der Waals surface area contributed by atoms with Crippen molar-refractivity contribution in [2.75, 3.05) is 32.8 Å². The molecule has 1 amide bonds. The Labute approximate surface area is 191 Å². The number of likely N-dealkylation sites (tertiary alicyclic amines) is 1. The van der Waals surface area contributed by atoms with Crippen LogP contribution in [0.2, 0.25) is 0 Å². The Morgan fingerprint density at radius 2 is 1.81 bits per heavy atom. The first kappa shape index (κ1) is 21.6. The predicted octanol–water partition coefficient (Wildman–Crippen LogP) is 3.86. The van der Waals surface area contributed by atoms with Gasteiger partial charge in [0.2, 0.25) is 5.91 Å². The van der Waals surface area contributed by atoms with E-state index in [2.05, 4.69) is 57.7 Å². The molecule has 1 N–H and O–H groups in total. The molecule has 1 aromatic heterocycles. The lowest BCUT2D eigenvalue weighted by atomic mass is 9.74. The van der Waals surface area contributed by atoms with Crippen LogP contribution in [0.3, 0.4) is 0 Å². The number of amides is 1. The van der Waals surface area contributed by atoms with Crippen LogP contribution >= 0.6 is 0 Å². The van der Waals surface area contributed by atoms with Gasteiger partial charge in [-0.1, -0.05) is 36.4 Å². The van der Waals surface area contributed by atoms with Gasteiger partial charge in [0.05, 0.1) is 5.69 Å². The highest BCUT2D eigenvalue weighted by Gasteiger charge is 2.58. The van der Waals surface area contributed by atoms with Crippen molar-refractivity contribution < 1.29 is 9.53 Å². The number of rotatable bonds is 6. The lowest BCUT2D eigenvalue weighted by Crippen LogP contribution is -2.45. The SMILES string of the molecule is Cc1cccc(CN2CCC3(CC2)CC3C(=O)NCC2(c3ccccc3)CCOCC2)n1. The van der Waals surface area contributed by atoms with E-state index in [-0.39, 0.29) is 22.7 Å². The second kappa shape index (κ2) is 8.95. The van der Waals surface area contributed by atoms with Gasteiger partial charge in [-0.05, 0) is 75.2 Å². The normalized spacial score (nSPS) is 24.2. The van der Waals surface area contributed by atoms with E-state index < -0.39 is 0 Å². The Hall–Kier alpha value is -2.24. The van der Waals surface area contributed by atoms with Gasteiger partial charge in [-0.2, -0.15) is 0 Å². The minimum absolute atomic E-state index is 0.00139. The molecule has 2 aromatic rings. The molecule has 1 spiro atoms. The quantitative estimate of drug-likeness (QED) is 0.752. The van der Waals surface area contributed by atoms with Gasteiger partial charge in [0, 0.05) is 43.3 Å². The molecule has 1 unspecified atom stereocenters. The van der Waals surface area contributed by atoms with Crippen LogP contribution in [0.4, 0.5) is 0 Å². The number of nitrogens with zero attached hydrogens (tertiary/aromatic N) is 2. The van der Waals surface area contributed by atoms with E-state index >= 15 is 0 Å². The molecule has 1 saturated carbocycles. The van der Waals surface area contributed by atoms with Crippen LogP contribution in [-0.2, 0) is 21.5 Å². The molecule has 3 aliphatic rings. The van der Waals surface area contributed by atoms with Gasteiger partial charge >= 0.3 is 0 Å². The smallest absolute Gasteiger partial charge is 0.223 e. The molecular formula is C27H35N3O2. The number of benzene rings is 1. The van der Waals surface area contributed by atoms with Gasteiger partial charge in [0.15, 0.2) is 0 Å². The zero-order valence-electron chi connectivity index (χ0n) is 19.2. The van der Waals surface area contributed by atoms with E-state index in [9.17, 15) is 4.79 Å². The molecule has 5 heteroatoms. The summed E-state index contributed by atoms with van der Waals surface area (Å²) in [5.74, 6) is 0.454. The highest BCUT2D eigenvalue weighted by Crippen LogP contribution is 2.59. The molecule has 3 heterocycles. The van der Waals surface area contributed by atoms with Gasteiger partial charge in [-0.3, -0.25) is 14.7 Å². The Morgan fingerprint density at radius 1 is 1.06 bits per heavy atom. The molecule has 2 aliphatic heterocycles. The second-order valence-electron chi connectivity index (χ2n) is 10.1. The van der Waals surface area contributed by atoms with Gasteiger partial charge in [-0.25, -0.2) is 0 Å². The Balaban J connectivity index is 1.15. The third kappa shape index (κ3) is 4.46. The minimum Gasteiger partial charge on any atom is -0.381 e. The lowest BCUT2D eigenvalue weighted by Gasteiger charge is -2.38. The van der Waals surface area contributed by atoms with Crippen molar-refractivity contribution in [3.63, 3.8) is 0 Å². The van der Waals surface area contributed by atoms with Crippen LogP contribution in [0.5, 0.6) is 0 Å². The third-order valence-electron chi connectivity index (χ3n) is 8.13. The summed E-state index contributed by atoms with van der Waals surface area (Å²) in [6.45, 7) is 7.33. The molecule has 1 atom stereocenters. The van der Waals surface area contributed by atoms with Crippen molar-refractivity contribution in [3.8, 4) is 0 Å². The summed E-state index contributed by atoms with van der Waals surface area (Å²) >= 11 is 0. The maximum absolute atomic E-state index is 13.1. The Bertz CT molecular complexity index is 931. The van der Waals surface area contributed by atoms with E-state index in [1.54, 1.807) is 0 Å². The first-order valence-electron chi connectivity index (χ1n) is 12.1. The number of carbonyl (C=O) groups is 1. The summed E-state index contributed by atoms with van der Waals surface area (Å²) in [6, 6.07) is 16.9. The summed E-state index contributed by atoms with van der Waals surface area (Å²) < 4.78 is 5.64. The number of aromatic nitrogens is 1. The van der Waals surface area contributed by atoms with E-state index in [0.29, 0.717) is 0 Å². The van der Waals surface area contributed by atoms with E-state index in [1.165, 1.54) is 5.56 Å². The van der Waals surface area contributed by atoms with Crippen LogP contribution in [0.1, 0.15) is 49.1 Å². The zero-order valence-corrected chi connectivity index (χ0v) is 19.2. The predicted molar refractivity (Wildman–Crippen MR) is 125 cm³/mol. The summed E-state index contributed by atoms with van der Waals surface area (Å²) in [7, 11) is 0. The fourth-order valence-corrected chi connectivity index (χ4v) is 5.84. The molecule has 2 saturated heterocycles. The second-order valence-corrected chi connectivity index (χ2v) is 10.1. The van der Waals surface area contributed by atoms with Crippen LogP contribution in [0.15, 0.2) is 48.5 Å². The molecule has 170 valence electrons. The summed E-state index contributed by atoms with van der Waals surface area (Å²) in [5.41, 5.74) is 3.78. The number of hydrogen-bond donors (Lipinski definition) is 1. The number of aryl methyl sites for hydroxylation is 1. The topological polar surface area (TPSA) is 54.5 Å². The van der Waals surface area contributed by atoms with Crippen molar-refractivity contribution in [2.24, 2.45) is 11.3 Å². The average molecular weight is 434 g/mol. The molecule has 0 bridgehead atoms. The van der Waals surface area contributed by atoms with Gasteiger partial charge in [0.1, 0.15) is 0 Å². The molecule has 1 aromatic carbocycles. The number of pyridine rings is 1. The maximum Gasteiger partial charge on any atom is 0.223 e. The fourth-order valence-electron chi connectivity index (χ4n) is 5.84. The van der Waals surface area contributed by atoms with Crippen molar-refractivity contribution >= 4 is 5.91 Å². The van der Waals surface area contributed by atoms with Crippen LogP contribution < -0.4 is 5.32 Å². The Morgan fingerprint density at radius 3 is 2.53 bits per heavy atom. The number of carbonyl (C=O) groups excluding carboxylic acids is 1. The first-order chi connectivity index (χ1) is 15.6. The maximum atomic E-state index is 13.1. The first-order valence-corrected chi connectivity index (χ1v) is 12.1. The molecule has 0 radical (unpaired) electrons. The van der Waals surface area contributed by atoms with Crippen molar-refractivity contribution in [1.29, 1.82) is 0 Å². The summed E-state index contributed by atoms with van der Waals surface area (Å²) in [4.78, 5) is 20.3. The number of hydrogen-bond acceptors (Lipinski definition) is 4. The standard InChI is InChI=1S/C27H35N3O2/c1-21-6-5-9-23(29-21)19-30-14-10-26(11-15-30)18-24(26)25(31)28-20-27(12-16-32-17-13-27)22-7-3-2-4-8-22/h2-9,24H,10-20H2,1H3,(H,28,31). The molecular weight excluding hydrogens is 398 g/mol. The van der Waals surface area contributed by atoms with Gasteiger partial charge in [0.25, 0.3) is 0 Å². The van der Waals surface area contributed by atoms with Gasteiger partial charge in [-0.15, -0.1) is 0 Å². The highest BCUT2D eigenvalue weighted by atomic mass is 16.5. The highest BCUT2D eigenvalue weighted by molar-refractivity contribution is 5.82. The summed E-state index contributed by atoms with van der Waals surface area (Å²) in [6.07, 6.45) is 5.23. The van der Waals surface area contributed by atoms with E-state index in [4.69, 9.17) is 4.74 Å². The molecule has 5 rings (SSSR count). The van der Waals surface area contributed by atoms with Crippen LogP contribution in [0, 0.1) is 18.3 Å². The van der Waals surface area contributed by atoms with Crippen molar-refractivity contribution in [3.05, 3.63) is 65.5 Å². The average Bonchev–Trinajstić information content (AvgIpc) is 3.54. The van der Waals surface area contributed by atoms with Gasteiger partial charge < -0.3 is 10.1 Å². The zero-order chi connectivity index (χ0) is 22.0. The fraction of sp³-hybridized carbons (Fsp3) is 0.556. The monoisotopic (exact) mass is 433 g/mol. The summed E-state index contributed by atoms with van der Waals surface area (Å²) in [5, 5.41) is 3.36. The molecule has 32 heavy (non-hydrogen) atoms. The molecule has 1 aliphatic carbocycles. The van der Waals surface area contributed by atoms with E-state index in [0.717, 1.165) is 82.9 Å². The van der Waals surface area contributed by atoms with Crippen molar-refractivity contribution in [2.45, 2.75) is 51.0 Å². The number of ether oxygens (including phenoxy) is 1. The van der Waals surface area contributed by atoms with Crippen LogP contribution in [-0.4, -0.2) is 48.6 Å². The third-order valence-corrected chi connectivity index (χ3v) is 8.13. The molecule has 5 nitrogen and oxygen atoms in total.